The summed E-state index contributed by atoms with van der Waals surface area (Å²) in [6.07, 6.45) is -0.971. The lowest BCUT2D eigenvalue weighted by Gasteiger charge is -2.50. The number of thiazole rings is 1. The van der Waals surface area contributed by atoms with Gasteiger partial charge in [0.15, 0.2) is 23.2 Å². The molecule has 23 nitrogen and oxygen atoms in total. The van der Waals surface area contributed by atoms with Gasteiger partial charge in [-0.15, -0.1) is 25.0 Å². The van der Waals surface area contributed by atoms with Crippen LogP contribution in [-0.4, -0.2) is 111 Å². The van der Waals surface area contributed by atoms with Gasteiger partial charge >= 0.3 is 28.6 Å². The van der Waals surface area contributed by atoms with Gasteiger partial charge in [-0.1, -0.05) is 5.16 Å². The number of benzene rings is 1. The molecule has 0 aliphatic carbocycles. The van der Waals surface area contributed by atoms with Gasteiger partial charge in [0.05, 0.1) is 18.2 Å². The number of aryl methyl sites for hydroxylation is 1. The molecule has 1 aliphatic rings. The van der Waals surface area contributed by atoms with Gasteiger partial charge in [0.1, 0.15) is 46.7 Å². The highest BCUT2D eigenvalue weighted by Gasteiger charge is 2.58. The fraction of sp³-hybridized carbons (Fsp3) is 0.550. The summed E-state index contributed by atoms with van der Waals surface area (Å²) in [5.41, 5.74) is 1.90. The van der Waals surface area contributed by atoms with E-state index in [-0.39, 0.29) is 28.0 Å². The SMILES string of the molecule is Cn1c(N)c(-c2ccc(OCC(O/N=C(\C(=O)N[C@@H]3C(=O)N(OS(=O)(=O)O)C3(C)C)c3csc(NC(=O)OC(C)(C)C)n3)C(=O)OC(C)(C)C)cc2F)c[n+]1CCCNC(=O)OC(C)(C)C. The molecule has 3 aromatic rings. The fourth-order valence-electron chi connectivity index (χ4n) is 5.84. The van der Waals surface area contributed by atoms with Crippen LogP contribution in [-0.2, 0) is 61.7 Å². The number of alkyl carbamates (subject to hydrolysis) is 1. The van der Waals surface area contributed by atoms with E-state index in [2.05, 4.69) is 30.4 Å². The molecule has 1 unspecified atom stereocenters. The summed E-state index contributed by atoms with van der Waals surface area (Å²) in [6, 6.07) is 2.47. The number of ether oxygens (including phenoxy) is 4. The monoisotopic (exact) mass is 970 g/mol. The van der Waals surface area contributed by atoms with Crippen LogP contribution in [0.25, 0.3) is 11.1 Å². The predicted molar refractivity (Wildman–Crippen MR) is 234 cm³/mol. The number of halogens is 1. The second-order valence-corrected chi connectivity index (χ2v) is 20.1. The second kappa shape index (κ2) is 20.2. The number of nitrogens with zero attached hydrogens (tertiary/aromatic N) is 5. The number of oxime groups is 1. The van der Waals surface area contributed by atoms with E-state index in [1.165, 1.54) is 31.4 Å². The molecule has 364 valence electrons. The number of hydrogen-bond acceptors (Lipinski definition) is 17. The van der Waals surface area contributed by atoms with Gasteiger partial charge in [0, 0.05) is 30.0 Å². The Morgan fingerprint density at radius 1 is 1.02 bits per heavy atom. The van der Waals surface area contributed by atoms with Crippen molar-refractivity contribution >= 4 is 68.4 Å². The number of hydroxylamine groups is 2. The Kier molecular flexibility index (Phi) is 16.0. The lowest BCUT2D eigenvalue weighted by atomic mass is 9.84. The number of carbonyl (C=O) groups excluding carboxylic acids is 5. The zero-order valence-electron chi connectivity index (χ0n) is 38.6. The van der Waals surface area contributed by atoms with Crippen molar-refractivity contribution in [3.8, 4) is 16.9 Å². The quantitative estimate of drug-likeness (QED) is 0.0188. The molecule has 4 amide bonds. The van der Waals surface area contributed by atoms with E-state index in [0.29, 0.717) is 30.1 Å². The van der Waals surface area contributed by atoms with Crippen molar-refractivity contribution in [3.05, 3.63) is 41.3 Å². The standard InChI is InChI=1S/C40H56FN9O14S2/c1-37(2,3)60-33(53)27(20-59-22-14-15-23(25(41)18-22)24-19-49(48(12)30(24)42)17-13-16-43-35(54)61-38(4,5)6)63-47-28(26-21-65-34(44-26)46-36(55)62-39(7,8)9)31(51)45-29-32(52)50(40(29,10)11)64-66(56,57)58/h14-15,18-19,21,27,29,42H,13,16-17,20H2,1-12H3,(H4,43,44,45,46,51,54,55,56,57,58)/p+1/b47-28-/t27?,29-/m1/s1. The van der Waals surface area contributed by atoms with Crippen molar-refractivity contribution in [3.63, 3.8) is 0 Å². The van der Waals surface area contributed by atoms with Crippen LogP contribution in [0.15, 0.2) is 34.9 Å². The number of β-lactam (4-membered cyclic amide) rings is 1. The minimum Gasteiger partial charge on any atom is -0.489 e. The van der Waals surface area contributed by atoms with Crippen molar-refractivity contribution in [1.82, 2.24) is 25.4 Å². The van der Waals surface area contributed by atoms with Crippen LogP contribution in [0.1, 0.15) is 88.3 Å². The molecule has 0 radical (unpaired) electrons. The van der Waals surface area contributed by atoms with Crippen LogP contribution in [0.4, 0.5) is 24.9 Å². The Bertz CT molecular complexity index is 2450. The summed E-state index contributed by atoms with van der Waals surface area (Å²) >= 11 is 0.852. The molecule has 2 atom stereocenters. The highest BCUT2D eigenvalue weighted by Crippen LogP contribution is 2.33. The number of nitrogens with two attached hydrogens (primary N) is 1. The summed E-state index contributed by atoms with van der Waals surface area (Å²) < 4.78 is 77.2. The summed E-state index contributed by atoms with van der Waals surface area (Å²) in [5, 5.41) is 13.0. The summed E-state index contributed by atoms with van der Waals surface area (Å²) in [5.74, 6) is -3.73. The molecule has 66 heavy (non-hydrogen) atoms. The summed E-state index contributed by atoms with van der Waals surface area (Å²) in [6.45, 7) is 17.7. The highest BCUT2D eigenvalue weighted by atomic mass is 32.3. The molecule has 6 N–H and O–H groups in total. The van der Waals surface area contributed by atoms with Crippen molar-refractivity contribution in [2.24, 2.45) is 12.2 Å². The third-order valence-corrected chi connectivity index (χ3v) is 9.88. The molecule has 1 aromatic carbocycles. The number of esters is 1. The lowest BCUT2D eigenvalue weighted by Crippen LogP contribution is -2.76. The smallest absolute Gasteiger partial charge is 0.418 e. The van der Waals surface area contributed by atoms with Crippen LogP contribution in [0.5, 0.6) is 5.75 Å². The van der Waals surface area contributed by atoms with Gasteiger partial charge in [-0.05, 0) is 88.3 Å². The van der Waals surface area contributed by atoms with Gasteiger partial charge in [-0.3, -0.25) is 19.5 Å². The van der Waals surface area contributed by atoms with Crippen molar-refractivity contribution in [2.75, 3.05) is 24.2 Å². The third-order valence-electron chi connectivity index (χ3n) is 8.78. The van der Waals surface area contributed by atoms with Crippen LogP contribution < -0.4 is 31.1 Å². The first kappa shape index (κ1) is 52.5. The average molecular weight is 971 g/mol. The zero-order valence-corrected chi connectivity index (χ0v) is 40.3. The number of aromatic nitrogens is 3. The van der Waals surface area contributed by atoms with Crippen LogP contribution in [0, 0.1) is 5.82 Å². The maximum Gasteiger partial charge on any atom is 0.418 e. The molecule has 0 bridgehead atoms. The topological polar surface area (TPSA) is 295 Å². The van der Waals surface area contributed by atoms with Gasteiger partial charge < -0.3 is 40.2 Å². The molecule has 1 fully saturated rings. The van der Waals surface area contributed by atoms with E-state index in [0.717, 1.165) is 17.4 Å². The van der Waals surface area contributed by atoms with Crippen molar-refractivity contribution < 1.29 is 74.1 Å². The third kappa shape index (κ3) is 14.7. The Hall–Kier alpha value is -6.12. The Morgan fingerprint density at radius 3 is 2.21 bits per heavy atom. The van der Waals surface area contributed by atoms with Crippen molar-refractivity contribution in [2.45, 2.75) is 124 Å². The van der Waals surface area contributed by atoms with E-state index in [9.17, 15) is 32.4 Å². The maximum atomic E-state index is 15.8. The van der Waals surface area contributed by atoms with Crippen LogP contribution in [0.3, 0.4) is 0 Å². The largest absolute Gasteiger partial charge is 0.489 e. The van der Waals surface area contributed by atoms with E-state index in [4.69, 9.17) is 34.1 Å². The molecular formula is C40H57FN9O14S2+. The number of anilines is 2. The highest BCUT2D eigenvalue weighted by molar-refractivity contribution is 7.80. The number of carbonyl (C=O) groups is 5. The number of nitrogen functional groups attached to an aromatic ring is 1. The summed E-state index contributed by atoms with van der Waals surface area (Å²) in [4.78, 5) is 74.5. The molecule has 2 aromatic heterocycles. The molecule has 1 aliphatic heterocycles. The predicted octanol–water partition coefficient (Wildman–Crippen LogP) is 3.77. The number of hydrogen-bond donors (Lipinski definition) is 5. The van der Waals surface area contributed by atoms with Gasteiger partial charge in [-0.25, -0.2) is 23.8 Å². The molecular weight excluding hydrogens is 914 g/mol. The van der Waals surface area contributed by atoms with E-state index >= 15 is 4.39 Å². The van der Waals surface area contributed by atoms with E-state index in [1.807, 2.05) is 0 Å². The minimum absolute atomic E-state index is 0.0503. The van der Waals surface area contributed by atoms with E-state index < -0.39 is 93.0 Å². The zero-order chi connectivity index (χ0) is 49.7. The van der Waals surface area contributed by atoms with Crippen molar-refractivity contribution in [1.29, 1.82) is 0 Å². The molecule has 0 spiro atoms. The normalized spacial score (nSPS) is 15.8. The van der Waals surface area contributed by atoms with Gasteiger partial charge in [0.2, 0.25) is 6.20 Å². The fourth-order valence-corrected chi connectivity index (χ4v) is 6.97. The van der Waals surface area contributed by atoms with Gasteiger partial charge in [0.25, 0.3) is 17.9 Å². The Balaban J connectivity index is 1.58. The Morgan fingerprint density at radius 2 is 1.64 bits per heavy atom. The summed E-state index contributed by atoms with van der Waals surface area (Å²) in [7, 11) is -3.42. The minimum atomic E-state index is -5.11. The lowest BCUT2D eigenvalue weighted by molar-refractivity contribution is -0.772. The van der Waals surface area contributed by atoms with Crippen LogP contribution >= 0.6 is 11.3 Å². The van der Waals surface area contributed by atoms with Crippen LogP contribution in [0.2, 0.25) is 0 Å². The van der Waals surface area contributed by atoms with Gasteiger partial charge in [-0.2, -0.15) is 13.5 Å². The number of amides is 4. The molecule has 3 heterocycles. The average Bonchev–Trinajstić information content (AvgIpc) is 3.72. The molecule has 1 saturated heterocycles. The molecule has 4 rings (SSSR count). The number of nitrogens with one attached hydrogen (secondary N) is 3. The Labute approximate surface area is 384 Å². The molecule has 0 saturated carbocycles. The first-order valence-electron chi connectivity index (χ1n) is 20.2. The first-order chi connectivity index (χ1) is 30.2. The molecule has 26 heteroatoms. The first-order valence-corrected chi connectivity index (χ1v) is 22.5. The number of rotatable bonds is 17. The maximum absolute atomic E-state index is 15.8. The van der Waals surface area contributed by atoms with E-state index in [1.54, 1.807) is 84.9 Å². The second-order valence-electron chi connectivity index (χ2n) is 18.3.